The average molecular weight is 277 g/mol. The van der Waals surface area contributed by atoms with Crippen LogP contribution in [0.2, 0.25) is 0 Å². The monoisotopic (exact) mass is 277 g/mol. The van der Waals surface area contributed by atoms with Gasteiger partial charge in [0.1, 0.15) is 11.4 Å². The van der Waals surface area contributed by atoms with E-state index in [0.717, 1.165) is 22.1 Å². The van der Waals surface area contributed by atoms with Crippen LogP contribution in [0.5, 0.6) is 0 Å². The number of hydrogen-bond acceptors (Lipinski definition) is 2. The van der Waals surface area contributed by atoms with Crippen LogP contribution < -0.4 is 0 Å². The Hall–Kier alpha value is -1.37. The molecule has 0 aliphatic rings. The second-order valence-corrected chi connectivity index (χ2v) is 4.56. The number of hydrogen-bond donors (Lipinski definition) is 0. The second kappa shape index (κ2) is 4.72. The smallest absolute Gasteiger partial charge is 0.263 e. The van der Waals surface area contributed by atoms with E-state index < -0.39 is 18.5 Å². The molecule has 0 atom stereocenters. The molecule has 0 unspecified atom stereocenters. The minimum atomic E-state index is -4.43. The van der Waals surface area contributed by atoms with Crippen molar-refractivity contribution in [3.05, 3.63) is 28.8 Å². The maximum atomic E-state index is 12.6. The summed E-state index contributed by atoms with van der Waals surface area (Å²) in [6, 6.07) is 2.60. The summed E-state index contributed by atoms with van der Waals surface area (Å²) in [6.45, 7) is -0.511. The van der Waals surface area contributed by atoms with E-state index in [1.165, 1.54) is 7.05 Å². The Morgan fingerprint density at radius 1 is 1.39 bits per heavy atom. The molecule has 0 saturated heterocycles. The van der Waals surface area contributed by atoms with Crippen molar-refractivity contribution < 1.29 is 17.6 Å². The molecule has 0 amide bonds. The summed E-state index contributed by atoms with van der Waals surface area (Å²) in [7, 11) is 1.24. The van der Waals surface area contributed by atoms with Crippen LogP contribution in [0.15, 0.2) is 12.1 Å². The Labute approximate surface area is 105 Å². The highest BCUT2D eigenvalue weighted by atomic mass is 32.1. The van der Waals surface area contributed by atoms with Gasteiger partial charge in [0.05, 0.1) is 11.6 Å². The predicted octanol–water partition coefficient (Wildman–Crippen LogP) is 3.48. The third-order valence-electron chi connectivity index (χ3n) is 2.38. The summed E-state index contributed by atoms with van der Waals surface area (Å²) in [5, 5.41) is 6.66. The van der Waals surface area contributed by atoms with Crippen molar-refractivity contribution in [2.45, 2.75) is 12.6 Å². The van der Waals surface area contributed by atoms with Gasteiger partial charge in [-0.3, -0.25) is 9.07 Å². The maximum Gasteiger partial charge on any atom is 0.433 e. The van der Waals surface area contributed by atoms with Crippen LogP contribution in [-0.4, -0.2) is 16.5 Å². The van der Waals surface area contributed by atoms with Crippen LogP contribution in [0.1, 0.15) is 11.3 Å². The standard InChI is InChI=1S/C11H9F4N2S/c1-17-10(11(13,14)15)5-8(16-17)9-4-7(2-3-12)6-18-9/h4-5H,2-3H2,1H3. The second-order valence-electron chi connectivity index (χ2n) is 3.71. The zero-order chi connectivity index (χ0) is 13.3. The zero-order valence-electron chi connectivity index (χ0n) is 9.38. The van der Waals surface area contributed by atoms with Gasteiger partial charge in [-0.2, -0.15) is 18.3 Å². The molecule has 2 heterocycles. The molecule has 2 nitrogen and oxygen atoms in total. The largest absolute Gasteiger partial charge is 0.433 e. The molecule has 18 heavy (non-hydrogen) atoms. The van der Waals surface area contributed by atoms with Gasteiger partial charge in [0.25, 0.3) is 0 Å². The van der Waals surface area contributed by atoms with Gasteiger partial charge >= 0.3 is 6.18 Å². The zero-order valence-corrected chi connectivity index (χ0v) is 10.2. The molecule has 0 aromatic carbocycles. The molecule has 97 valence electrons. The van der Waals surface area contributed by atoms with Crippen LogP contribution in [-0.2, 0) is 19.6 Å². The topological polar surface area (TPSA) is 17.8 Å². The lowest BCUT2D eigenvalue weighted by atomic mass is 10.2. The summed E-state index contributed by atoms with van der Waals surface area (Å²) in [4.78, 5) is 0.560. The fraction of sp³-hybridized carbons (Fsp3) is 0.364. The van der Waals surface area contributed by atoms with Crippen molar-refractivity contribution in [2.75, 3.05) is 6.67 Å². The number of halogens is 4. The van der Waals surface area contributed by atoms with Crippen molar-refractivity contribution in [2.24, 2.45) is 7.05 Å². The van der Waals surface area contributed by atoms with Crippen LogP contribution in [0.4, 0.5) is 17.6 Å². The highest BCUT2D eigenvalue weighted by molar-refractivity contribution is 7.13. The fourth-order valence-electron chi connectivity index (χ4n) is 1.54. The van der Waals surface area contributed by atoms with Gasteiger partial charge in [-0.05, 0) is 17.7 Å². The van der Waals surface area contributed by atoms with Crippen LogP contribution >= 0.6 is 11.3 Å². The fourth-order valence-corrected chi connectivity index (χ4v) is 2.35. The predicted molar refractivity (Wildman–Crippen MR) is 60.0 cm³/mol. The Bertz CT molecular complexity index is 541. The van der Waals surface area contributed by atoms with E-state index in [4.69, 9.17) is 0 Å². The van der Waals surface area contributed by atoms with Gasteiger partial charge in [-0.25, -0.2) is 0 Å². The Kier molecular flexibility index (Phi) is 3.43. The molecule has 7 heteroatoms. The van der Waals surface area contributed by atoms with Crippen molar-refractivity contribution >= 4 is 11.3 Å². The van der Waals surface area contributed by atoms with Gasteiger partial charge in [0, 0.05) is 18.8 Å². The first-order valence-electron chi connectivity index (χ1n) is 5.10. The number of nitrogens with zero attached hydrogens (tertiary/aromatic N) is 2. The Balaban J connectivity index is 2.33. The molecule has 2 aromatic rings. The highest BCUT2D eigenvalue weighted by Gasteiger charge is 2.35. The molecule has 1 radical (unpaired) electrons. The number of aromatic nitrogens is 2. The molecule has 2 rings (SSSR count). The molecule has 0 aliphatic carbocycles. The van der Waals surface area contributed by atoms with E-state index in [1.54, 1.807) is 6.07 Å². The van der Waals surface area contributed by atoms with Crippen molar-refractivity contribution in [1.29, 1.82) is 0 Å². The summed E-state index contributed by atoms with van der Waals surface area (Å²) in [5.41, 5.74) is 0.0748. The van der Waals surface area contributed by atoms with Gasteiger partial charge < -0.3 is 0 Å². The van der Waals surface area contributed by atoms with Crippen LogP contribution in [0, 0.1) is 5.38 Å². The lowest BCUT2D eigenvalue weighted by molar-refractivity contribution is -0.143. The molecule has 0 N–H and O–H groups in total. The van der Waals surface area contributed by atoms with E-state index in [2.05, 4.69) is 10.5 Å². The SMILES string of the molecule is Cn1nc(-c2cc(CCF)[c]s2)cc1C(F)(F)F. The molecule has 0 fully saturated rings. The maximum absolute atomic E-state index is 12.6. The lowest BCUT2D eigenvalue weighted by Crippen LogP contribution is -2.11. The first kappa shape index (κ1) is 13.1. The quantitative estimate of drug-likeness (QED) is 0.785. The minimum Gasteiger partial charge on any atom is -0.263 e. The summed E-state index contributed by atoms with van der Waals surface area (Å²) in [6.07, 6.45) is -4.21. The van der Waals surface area contributed by atoms with Crippen LogP contribution in [0.25, 0.3) is 10.6 Å². The third kappa shape index (κ3) is 2.55. The van der Waals surface area contributed by atoms with Crippen molar-refractivity contribution in [3.8, 4) is 10.6 Å². The number of thiophene rings is 1. The van der Waals surface area contributed by atoms with E-state index in [9.17, 15) is 17.6 Å². The Morgan fingerprint density at radius 2 is 2.11 bits per heavy atom. The molecular weight excluding hydrogens is 268 g/mol. The van der Waals surface area contributed by atoms with E-state index in [0.29, 0.717) is 10.4 Å². The van der Waals surface area contributed by atoms with Crippen LogP contribution in [0.3, 0.4) is 0 Å². The molecular formula is C11H9F4N2S. The number of aryl methyl sites for hydroxylation is 2. The first-order chi connectivity index (χ1) is 8.41. The minimum absolute atomic E-state index is 0.218. The number of alkyl halides is 4. The van der Waals surface area contributed by atoms with Crippen molar-refractivity contribution in [3.63, 3.8) is 0 Å². The molecule has 2 aromatic heterocycles. The van der Waals surface area contributed by atoms with Gasteiger partial charge in [-0.1, -0.05) is 0 Å². The average Bonchev–Trinajstić information content (AvgIpc) is 2.84. The number of rotatable bonds is 3. The van der Waals surface area contributed by atoms with E-state index >= 15 is 0 Å². The van der Waals surface area contributed by atoms with Gasteiger partial charge in [-0.15, -0.1) is 11.3 Å². The first-order valence-corrected chi connectivity index (χ1v) is 5.91. The van der Waals surface area contributed by atoms with E-state index in [-0.39, 0.29) is 12.1 Å². The van der Waals surface area contributed by atoms with E-state index in [1.807, 2.05) is 0 Å². The molecule has 0 aliphatic heterocycles. The third-order valence-corrected chi connectivity index (χ3v) is 3.30. The van der Waals surface area contributed by atoms with Gasteiger partial charge in [0.2, 0.25) is 0 Å². The van der Waals surface area contributed by atoms with Gasteiger partial charge in [0.15, 0.2) is 0 Å². The summed E-state index contributed by atoms with van der Waals surface area (Å²) < 4.78 is 50.7. The summed E-state index contributed by atoms with van der Waals surface area (Å²) in [5.74, 6) is 0. The normalized spacial score (nSPS) is 12.1. The van der Waals surface area contributed by atoms with Crippen molar-refractivity contribution in [1.82, 2.24) is 9.78 Å². The molecule has 0 bridgehead atoms. The summed E-state index contributed by atoms with van der Waals surface area (Å²) >= 11 is 1.14. The highest BCUT2D eigenvalue weighted by Crippen LogP contribution is 2.33. The lowest BCUT2D eigenvalue weighted by Gasteiger charge is -2.04. The molecule has 0 saturated carbocycles. The Morgan fingerprint density at radius 3 is 2.67 bits per heavy atom. The molecule has 0 spiro atoms.